The van der Waals surface area contributed by atoms with Crippen molar-refractivity contribution in [1.82, 2.24) is 15.5 Å². The maximum atomic E-state index is 12.4. The van der Waals surface area contributed by atoms with Crippen LogP contribution in [0.5, 0.6) is 11.5 Å². The van der Waals surface area contributed by atoms with Crippen LogP contribution in [0.25, 0.3) is 0 Å². The van der Waals surface area contributed by atoms with Crippen LogP contribution in [0.15, 0.2) is 18.2 Å². The van der Waals surface area contributed by atoms with Crippen molar-refractivity contribution in [1.29, 1.82) is 0 Å². The fourth-order valence-electron chi connectivity index (χ4n) is 2.73. The molecule has 1 aliphatic rings. The molecule has 0 atom stereocenters. The molecule has 0 unspecified atom stereocenters. The second kappa shape index (κ2) is 12.8. The summed E-state index contributed by atoms with van der Waals surface area (Å²) in [7, 11) is 0. The third-order valence-corrected chi connectivity index (χ3v) is 4.18. The van der Waals surface area contributed by atoms with Crippen molar-refractivity contribution in [3.8, 4) is 11.5 Å². The fraction of sp³-hybridized carbons (Fsp3) is 0.632. The van der Waals surface area contributed by atoms with Crippen LogP contribution in [0.1, 0.15) is 37.0 Å². The number of nitrogens with one attached hydrogen (secondary N) is 2. The highest BCUT2D eigenvalue weighted by Gasteiger charge is 2.13. The third-order valence-electron chi connectivity index (χ3n) is 4.18. The normalized spacial score (nSPS) is 14.4. The number of carbonyl (C=O) groups excluding carboxylic acids is 1. The Bertz CT molecular complexity index is 537. The predicted octanol–water partition coefficient (Wildman–Crippen LogP) is 2.32. The highest BCUT2D eigenvalue weighted by Crippen LogP contribution is 2.28. The van der Waals surface area contributed by atoms with E-state index in [2.05, 4.69) is 22.5 Å². The highest BCUT2D eigenvalue weighted by atomic mass is 35.5. The minimum Gasteiger partial charge on any atom is -0.490 e. The van der Waals surface area contributed by atoms with Crippen LogP contribution < -0.4 is 20.1 Å². The van der Waals surface area contributed by atoms with E-state index in [0.717, 1.165) is 45.6 Å². The summed E-state index contributed by atoms with van der Waals surface area (Å²) in [6.45, 7) is 10.9. The summed E-state index contributed by atoms with van der Waals surface area (Å²) in [4.78, 5) is 14.7. The topological polar surface area (TPSA) is 62.8 Å². The lowest BCUT2D eigenvalue weighted by Gasteiger charge is -2.27. The zero-order chi connectivity index (χ0) is 17.9. The molecule has 1 fully saturated rings. The van der Waals surface area contributed by atoms with Gasteiger partial charge in [-0.05, 0) is 31.5 Å². The monoisotopic (exact) mass is 385 g/mol. The van der Waals surface area contributed by atoms with Gasteiger partial charge in [0, 0.05) is 44.8 Å². The Balaban J connectivity index is 0.00000338. The number of piperazine rings is 1. The van der Waals surface area contributed by atoms with Crippen molar-refractivity contribution in [3.63, 3.8) is 0 Å². The third kappa shape index (κ3) is 7.40. The van der Waals surface area contributed by atoms with Gasteiger partial charge in [0.2, 0.25) is 0 Å². The van der Waals surface area contributed by atoms with E-state index in [1.165, 1.54) is 0 Å². The van der Waals surface area contributed by atoms with Crippen LogP contribution in [0.2, 0.25) is 0 Å². The van der Waals surface area contributed by atoms with Gasteiger partial charge >= 0.3 is 0 Å². The molecule has 6 nitrogen and oxygen atoms in total. The molecule has 1 aliphatic heterocycles. The summed E-state index contributed by atoms with van der Waals surface area (Å²) >= 11 is 0. The Labute approximate surface area is 163 Å². The van der Waals surface area contributed by atoms with Crippen molar-refractivity contribution < 1.29 is 14.3 Å². The molecule has 2 N–H and O–H groups in total. The van der Waals surface area contributed by atoms with Gasteiger partial charge in [-0.1, -0.05) is 13.3 Å². The summed E-state index contributed by atoms with van der Waals surface area (Å²) in [6.07, 6.45) is 2.08. The summed E-state index contributed by atoms with van der Waals surface area (Å²) in [5, 5.41) is 6.32. The van der Waals surface area contributed by atoms with Crippen molar-refractivity contribution in [3.05, 3.63) is 23.8 Å². The molecular weight excluding hydrogens is 354 g/mol. The lowest BCUT2D eigenvalue weighted by atomic mass is 10.2. The van der Waals surface area contributed by atoms with E-state index in [9.17, 15) is 4.79 Å². The lowest BCUT2D eigenvalue weighted by molar-refractivity contribution is 0.0946. The Morgan fingerprint density at radius 2 is 1.96 bits per heavy atom. The van der Waals surface area contributed by atoms with Crippen LogP contribution in [0.4, 0.5) is 0 Å². The first-order valence-electron chi connectivity index (χ1n) is 9.35. The second-order valence-corrected chi connectivity index (χ2v) is 6.14. The Hall–Kier alpha value is -1.50. The molecule has 0 radical (unpaired) electrons. The summed E-state index contributed by atoms with van der Waals surface area (Å²) in [5.74, 6) is 1.26. The molecule has 0 saturated carbocycles. The summed E-state index contributed by atoms with van der Waals surface area (Å²) < 4.78 is 11.4. The number of unbranched alkanes of at least 4 members (excludes halogenated alkanes) is 1. The van der Waals surface area contributed by atoms with Crippen molar-refractivity contribution in [2.24, 2.45) is 0 Å². The number of carbonyl (C=O) groups is 1. The molecule has 0 aromatic heterocycles. The first-order chi connectivity index (χ1) is 12.2. The average Bonchev–Trinajstić information content (AvgIpc) is 2.64. The van der Waals surface area contributed by atoms with Gasteiger partial charge in [-0.25, -0.2) is 0 Å². The van der Waals surface area contributed by atoms with Crippen LogP contribution in [0, 0.1) is 0 Å². The van der Waals surface area contributed by atoms with E-state index in [1.54, 1.807) is 12.1 Å². The quantitative estimate of drug-likeness (QED) is 0.605. The highest BCUT2D eigenvalue weighted by molar-refractivity contribution is 5.94. The number of halogens is 1. The largest absolute Gasteiger partial charge is 0.490 e. The van der Waals surface area contributed by atoms with E-state index in [4.69, 9.17) is 9.47 Å². The van der Waals surface area contributed by atoms with Crippen LogP contribution in [-0.2, 0) is 0 Å². The van der Waals surface area contributed by atoms with Gasteiger partial charge in [0.05, 0.1) is 13.2 Å². The maximum Gasteiger partial charge on any atom is 0.251 e. The first-order valence-corrected chi connectivity index (χ1v) is 9.35. The van der Waals surface area contributed by atoms with Gasteiger partial charge in [0.1, 0.15) is 0 Å². The summed E-state index contributed by atoms with van der Waals surface area (Å²) in [5.41, 5.74) is 0.603. The number of hydrogen-bond donors (Lipinski definition) is 2. The van der Waals surface area contributed by atoms with Crippen molar-refractivity contribution >= 4 is 18.3 Å². The molecule has 1 aromatic carbocycles. The molecule has 2 rings (SSSR count). The lowest BCUT2D eigenvalue weighted by Crippen LogP contribution is -2.46. The van der Waals surface area contributed by atoms with Gasteiger partial charge in [0.25, 0.3) is 5.91 Å². The molecule has 26 heavy (non-hydrogen) atoms. The maximum absolute atomic E-state index is 12.4. The zero-order valence-corrected chi connectivity index (χ0v) is 16.7. The van der Waals surface area contributed by atoms with Gasteiger partial charge in [0.15, 0.2) is 11.5 Å². The average molecular weight is 386 g/mol. The number of hydrogen-bond acceptors (Lipinski definition) is 5. The van der Waals surface area contributed by atoms with E-state index >= 15 is 0 Å². The minimum atomic E-state index is -0.0730. The molecule has 0 spiro atoms. The number of ether oxygens (including phenoxy) is 2. The van der Waals surface area contributed by atoms with Crippen LogP contribution >= 0.6 is 12.4 Å². The Kier molecular flexibility index (Phi) is 11.1. The van der Waals surface area contributed by atoms with Gasteiger partial charge in [-0.2, -0.15) is 0 Å². The van der Waals surface area contributed by atoms with Crippen LogP contribution in [-0.4, -0.2) is 63.3 Å². The molecule has 148 valence electrons. The molecule has 1 aromatic rings. The number of rotatable bonds is 10. The standard InChI is InChI=1S/C19H31N3O3.ClH/c1-3-5-14-25-17-7-6-16(15-18(17)24-4-2)19(23)21-10-13-22-11-8-20-9-12-22;/h6-7,15,20H,3-5,8-14H2,1-2H3,(H,21,23);1H. The molecule has 7 heteroatoms. The molecular formula is C19H32ClN3O3. The van der Waals surface area contributed by atoms with Crippen molar-refractivity contribution in [2.75, 3.05) is 52.5 Å². The van der Waals surface area contributed by atoms with E-state index < -0.39 is 0 Å². The second-order valence-electron chi connectivity index (χ2n) is 6.14. The fourth-order valence-corrected chi connectivity index (χ4v) is 2.73. The van der Waals surface area contributed by atoms with E-state index in [1.807, 2.05) is 13.0 Å². The van der Waals surface area contributed by atoms with E-state index in [-0.39, 0.29) is 18.3 Å². The molecule has 1 heterocycles. The Morgan fingerprint density at radius 1 is 1.19 bits per heavy atom. The number of amides is 1. The van der Waals surface area contributed by atoms with Gasteiger partial charge in [-0.3, -0.25) is 9.69 Å². The number of benzene rings is 1. The SMILES string of the molecule is CCCCOc1ccc(C(=O)NCCN2CCNCC2)cc1OCC.Cl. The minimum absolute atomic E-state index is 0. The van der Waals surface area contributed by atoms with Gasteiger partial charge < -0.3 is 20.1 Å². The van der Waals surface area contributed by atoms with Crippen molar-refractivity contribution in [2.45, 2.75) is 26.7 Å². The zero-order valence-electron chi connectivity index (χ0n) is 15.9. The predicted molar refractivity (Wildman–Crippen MR) is 107 cm³/mol. The Morgan fingerprint density at radius 3 is 2.65 bits per heavy atom. The van der Waals surface area contributed by atoms with Gasteiger partial charge in [-0.15, -0.1) is 12.4 Å². The molecule has 1 saturated heterocycles. The first kappa shape index (κ1) is 22.5. The molecule has 0 aliphatic carbocycles. The van der Waals surface area contributed by atoms with E-state index in [0.29, 0.717) is 36.8 Å². The summed E-state index contributed by atoms with van der Waals surface area (Å²) in [6, 6.07) is 5.39. The molecule has 1 amide bonds. The van der Waals surface area contributed by atoms with Crippen LogP contribution in [0.3, 0.4) is 0 Å². The molecule has 0 bridgehead atoms. The smallest absolute Gasteiger partial charge is 0.251 e. The number of nitrogens with zero attached hydrogens (tertiary/aromatic N) is 1.